The third kappa shape index (κ3) is 3.77. The van der Waals surface area contributed by atoms with Crippen LogP contribution < -0.4 is 10.9 Å². The van der Waals surface area contributed by atoms with Crippen molar-refractivity contribution in [2.24, 2.45) is 7.05 Å². The normalized spacial score (nSPS) is 11.4. The van der Waals surface area contributed by atoms with E-state index in [1.54, 1.807) is 49.0 Å². The van der Waals surface area contributed by atoms with Crippen molar-refractivity contribution < 1.29 is 13.2 Å². The van der Waals surface area contributed by atoms with Crippen molar-refractivity contribution in [3.05, 3.63) is 76.2 Å². The molecule has 1 aromatic heterocycles. The lowest BCUT2D eigenvalue weighted by Gasteiger charge is -2.08. The Morgan fingerprint density at radius 2 is 1.64 bits per heavy atom. The molecule has 0 saturated carbocycles. The predicted octanol–water partition coefficient (Wildman–Crippen LogP) is 2.07. The number of carbonyl (C=O) groups excluding carboxylic acids is 1. The predicted molar refractivity (Wildman–Crippen MR) is 108 cm³/mol. The maximum atomic E-state index is 12.9. The van der Waals surface area contributed by atoms with Crippen molar-refractivity contribution in [3.8, 4) is 5.69 Å². The molecule has 3 rings (SSSR count). The molecule has 8 heteroatoms. The molecule has 0 saturated heterocycles. The molecule has 0 aliphatic heterocycles. The number of sulfone groups is 1. The minimum Gasteiger partial charge on any atom is -0.320 e. The summed E-state index contributed by atoms with van der Waals surface area (Å²) in [6.45, 7) is 1.74. The third-order valence-electron chi connectivity index (χ3n) is 4.54. The quantitative estimate of drug-likeness (QED) is 0.711. The third-order valence-corrected chi connectivity index (χ3v) is 5.74. The molecule has 7 nitrogen and oxygen atoms in total. The molecule has 0 atom stereocenters. The van der Waals surface area contributed by atoms with Crippen LogP contribution in [0.3, 0.4) is 0 Å². The van der Waals surface area contributed by atoms with Crippen LogP contribution in [0.2, 0.25) is 0 Å². The fraction of sp³-hybridized carbons (Fsp3) is 0.200. The number of nitrogens with zero attached hydrogens (tertiary/aromatic N) is 2. The first kappa shape index (κ1) is 19.6. The topological polar surface area (TPSA) is 90.2 Å². The molecular formula is C20H21N3O4S. The summed E-state index contributed by atoms with van der Waals surface area (Å²) >= 11 is 0. The molecule has 146 valence electrons. The zero-order chi connectivity index (χ0) is 20.5. The van der Waals surface area contributed by atoms with Crippen molar-refractivity contribution >= 4 is 21.4 Å². The number of amides is 1. The molecule has 0 spiro atoms. The summed E-state index contributed by atoms with van der Waals surface area (Å²) in [4.78, 5) is 25.5. The number of hydrogen-bond donors (Lipinski definition) is 1. The molecule has 0 fully saturated rings. The van der Waals surface area contributed by atoms with Gasteiger partial charge in [-0.2, -0.15) is 0 Å². The maximum absolute atomic E-state index is 12.9. The summed E-state index contributed by atoms with van der Waals surface area (Å²) in [7, 11) is -1.72. The van der Waals surface area contributed by atoms with Gasteiger partial charge in [0.1, 0.15) is 5.69 Å². The smallest absolute Gasteiger partial charge is 0.295 e. The molecule has 1 amide bonds. The van der Waals surface area contributed by atoms with Gasteiger partial charge >= 0.3 is 0 Å². The number of rotatable bonds is 5. The molecule has 0 bridgehead atoms. The summed E-state index contributed by atoms with van der Waals surface area (Å²) in [6.07, 6.45) is 0.950. The Morgan fingerprint density at radius 1 is 1.04 bits per heavy atom. The van der Waals surface area contributed by atoms with Gasteiger partial charge in [0, 0.05) is 13.3 Å². The number of aromatic nitrogens is 2. The van der Waals surface area contributed by atoms with E-state index in [2.05, 4.69) is 5.32 Å². The largest absolute Gasteiger partial charge is 0.320 e. The zero-order valence-corrected chi connectivity index (χ0v) is 16.7. The van der Waals surface area contributed by atoms with Crippen LogP contribution in [-0.4, -0.2) is 29.9 Å². The van der Waals surface area contributed by atoms with E-state index in [4.69, 9.17) is 0 Å². The van der Waals surface area contributed by atoms with Gasteiger partial charge < -0.3 is 5.32 Å². The van der Waals surface area contributed by atoms with Crippen LogP contribution in [0.1, 0.15) is 11.3 Å². The lowest BCUT2D eigenvalue weighted by Crippen LogP contribution is -2.24. The highest BCUT2D eigenvalue weighted by Crippen LogP contribution is 2.18. The van der Waals surface area contributed by atoms with Crippen molar-refractivity contribution in [2.45, 2.75) is 18.2 Å². The van der Waals surface area contributed by atoms with Crippen LogP contribution in [0.15, 0.2) is 64.3 Å². The number of carbonyl (C=O) groups is 1. The van der Waals surface area contributed by atoms with E-state index in [9.17, 15) is 18.0 Å². The highest BCUT2D eigenvalue weighted by Gasteiger charge is 2.20. The van der Waals surface area contributed by atoms with Crippen molar-refractivity contribution in [3.63, 3.8) is 0 Å². The van der Waals surface area contributed by atoms with Crippen LogP contribution in [0.4, 0.5) is 5.69 Å². The van der Waals surface area contributed by atoms with Gasteiger partial charge in [-0.25, -0.2) is 13.1 Å². The molecule has 0 unspecified atom stereocenters. The first-order valence-corrected chi connectivity index (χ1v) is 10.5. The summed E-state index contributed by atoms with van der Waals surface area (Å²) < 4.78 is 27.0. The molecule has 0 radical (unpaired) electrons. The SMILES string of the molecule is Cc1c(NC(=O)Cc2ccccc2S(C)(=O)=O)c(=O)n(-c2ccccc2)n1C. The fourth-order valence-corrected chi connectivity index (χ4v) is 4.02. The van der Waals surface area contributed by atoms with E-state index >= 15 is 0 Å². The Morgan fingerprint density at radius 3 is 2.29 bits per heavy atom. The Balaban J connectivity index is 1.92. The van der Waals surface area contributed by atoms with Gasteiger partial charge in [0.2, 0.25) is 5.91 Å². The van der Waals surface area contributed by atoms with E-state index in [1.165, 1.54) is 10.7 Å². The second-order valence-corrected chi connectivity index (χ2v) is 8.53. The molecule has 1 N–H and O–H groups in total. The van der Waals surface area contributed by atoms with Crippen LogP contribution in [0.5, 0.6) is 0 Å². The van der Waals surface area contributed by atoms with Crippen LogP contribution in [0.25, 0.3) is 5.69 Å². The standard InChI is InChI=1S/C20H21N3O4S/c1-14-19(20(25)23(22(14)2)16-10-5-4-6-11-16)21-18(24)13-15-9-7-8-12-17(15)28(3,26)27/h4-12H,13H2,1-3H3,(H,21,24). The second-order valence-electron chi connectivity index (χ2n) is 6.54. The summed E-state index contributed by atoms with van der Waals surface area (Å²) in [5.74, 6) is -0.456. The van der Waals surface area contributed by atoms with Gasteiger partial charge in [0.25, 0.3) is 5.56 Å². The Hall–Kier alpha value is -3.13. The van der Waals surface area contributed by atoms with Gasteiger partial charge in [-0.1, -0.05) is 36.4 Å². The average Bonchev–Trinajstić information content (AvgIpc) is 2.85. The molecule has 28 heavy (non-hydrogen) atoms. The number of para-hydroxylation sites is 1. The van der Waals surface area contributed by atoms with E-state index in [-0.39, 0.29) is 22.6 Å². The van der Waals surface area contributed by atoms with Crippen molar-refractivity contribution in [2.75, 3.05) is 11.6 Å². The van der Waals surface area contributed by atoms with Crippen LogP contribution >= 0.6 is 0 Å². The first-order chi connectivity index (χ1) is 13.2. The lowest BCUT2D eigenvalue weighted by atomic mass is 10.1. The van der Waals surface area contributed by atoms with Gasteiger partial charge in [0.15, 0.2) is 9.84 Å². The molecule has 1 heterocycles. The Kier molecular flexibility index (Phi) is 5.24. The maximum Gasteiger partial charge on any atom is 0.295 e. The first-order valence-electron chi connectivity index (χ1n) is 8.62. The highest BCUT2D eigenvalue weighted by molar-refractivity contribution is 7.90. The van der Waals surface area contributed by atoms with Crippen molar-refractivity contribution in [1.29, 1.82) is 0 Å². The highest BCUT2D eigenvalue weighted by atomic mass is 32.2. The summed E-state index contributed by atoms with van der Waals surface area (Å²) in [5, 5.41) is 2.65. The molecule has 0 aliphatic rings. The van der Waals surface area contributed by atoms with Gasteiger partial charge in [-0.3, -0.25) is 14.3 Å². The minimum absolute atomic E-state index is 0.108. The van der Waals surface area contributed by atoms with E-state index in [0.29, 0.717) is 16.9 Å². The van der Waals surface area contributed by atoms with E-state index < -0.39 is 15.7 Å². The van der Waals surface area contributed by atoms with Crippen molar-refractivity contribution in [1.82, 2.24) is 9.36 Å². The second kappa shape index (κ2) is 7.47. The molecule has 2 aromatic carbocycles. The molecule has 0 aliphatic carbocycles. The Bertz CT molecular complexity index is 1190. The lowest BCUT2D eigenvalue weighted by molar-refractivity contribution is -0.115. The summed E-state index contributed by atoms with van der Waals surface area (Å²) in [6, 6.07) is 15.4. The molecular weight excluding hydrogens is 378 g/mol. The van der Waals surface area contributed by atoms with Crippen LogP contribution in [-0.2, 0) is 28.1 Å². The number of nitrogens with one attached hydrogen (secondary N) is 1. The minimum atomic E-state index is -3.46. The van der Waals surface area contributed by atoms with Gasteiger partial charge in [-0.15, -0.1) is 0 Å². The van der Waals surface area contributed by atoms with E-state index in [0.717, 1.165) is 6.26 Å². The monoisotopic (exact) mass is 399 g/mol. The van der Waals surface area contributed by atoms with Crippen LogP contribution in [0, 0.1) is 6.92 Å². The van der Waals surface area contributed by atoms with Gasteiger partial charge in [0.05, 0.1) is 22.7 Å². The zero-order valence-electron chi connectivity index (χ0n) is 15.8. The number of anilines is 1. The Labute approximate surface area is 163 Å². The average molecular weight is 399 g/mol. The number of benzene rings is 2. The number of hydrogen-bond acceptors (Lipinski definition) is 4. The van der Waals surface area contributed by atoms with E-state index in [1.807, 2.05) is 18.2 Å². The fourth-order valence-electron chi connectivity index (χ4n) is 3.08. The summed E-state index contributed by atoms with van der Waals surface area (Å²) in [5.41, 5.74) is 1.49. The van der Waals surface area contributed by atoms with Gasteiger partial charge in [-0.05, 0) is 30.7 Å². The molecule has 3 aromatic rings.